The van der Waals surface area contributed by atoms with Gasteiger partial charge in [0.1, 0.15) is 29.6 Å². The van der Waals surface area contributed by atoms with Gasteiger partial charge in [-0.15, -0.1) is 0 Å². The number of fused-ring (bicyclic) bond motifs is 3. The predicted molar refractivity (Wildman–Crippen MR) is 238 cm³/mol. The maximum Gasteiger partial charge on any atom is 0.379 e. The maximum atomic E-state index is 14.8. The minimum Gasteiger partial charge on any atom is -0.505 e. The molecule has 4 heterocycles. The Bertz CT molecular complexity index is 2210. The van der Waals surface area contributed by atoms with E-state index in [0.29, 0.717) is 42.7 Å². The van der Waals surface area contributed by atoms with Crippen LogP contribution in [0.2, 0.25) is 5.02 Å². The Kier molecular flexibility index (Phi) is 14.4. The Labute approximate surface area is 395 Å². The summed E-state index contributed by atoms with van der Waals surface area (Å²) in [7, 11) is 1.43. The number of ether oxygens (including phenoxy) is 8. The first-order chi connectivity index (χ1) is 31.9. The standard InChI is InChI=1S/C50H63ClO16/c1-24-23-50-29(20-31(24)45(55)56)13-10-8-7-9-12-28-16-17-30-32(49(28,5)48(59)66-43(44(50)54)47(58)67-50)14-11-15-35(30)63-38-21-34(52)42(27(4)62-38)65-39-22-37(41(53)26(3)61-39)64-46(57)40-25(2)33(51)18-19-36(40)60-6/h10,13,16-20,24,26-30,32,34-35,37-39,41-42,52-54H,7-9,11-12,14-15,21-23H2,1-6H3,(H,55,56)/b13-10+. The summed E-state index contributed by atoms with van der Waals surface area (Å²) in [6, 6.07) is 3.18. The fourth-order valence-corrected chi connectivity index (χ4v) is 11.8. The lowest BCUT2D eigenvalue weighted by molar-refractivity contribution is -0.318. The van der Waals surface area contributed by atoms with Gasteiger partial charge in [-0.05, 0) is 95.2 Å². The van der Waals surface area contributed by atoms with Gasteiger partial charge in [0.15, 0.2) is 23.9 Å². The smallest absolute Gasteiger partial charge is 0.379 e. The third-order valence-corrected chi connectivity index (χ3v) is 15.9. The maximum absolute atomic E-state index is 14.8. The Morgan fingerprint density at radius 3 is 2.39 bits per heavy atom. The van der Waals surface area contributed by atoms with Crippen molar-refractivity contribution in [2.24, 2.45) is 35.0 Å². The molecule has 8 rings (SSSR count). The summed E-state index contributed by atoms with van der Waals surface area (Å²) in [6.07, 6.45) is 6.54. The molecule has 16 unspecified atom stereocenters. The molecule has 1 aromatic rings. The molecule has 4 N–H and O–H groups in total. The highest BCUT2D eigenvalue weighted by Gasteiger charge is 2.60. The number of aliphatic carboxylic acids is 1. The Morgan fingerprint density at radius 2 is 1.66 bits per heavy atom. The van der Waals surface area contributed by atoms with Gasteiger partial charge in [0.25, 0.3) is 5.76 Å². The first kappa shape index (κ1) is 49.1. The van der Waals surface area contributed by atoms with Crippen molar-refractivity contribution < 1.29 is 77.5 Å². The average Bonchev–Trinajstić information content (AvgIpc) is 3.50. The zero-order chi connectivity index (χ0) is 48.1. The SMILES string of the molecule is COc1ccc(Cl)c(C)c1C(=O)OC1CC(OC2C(O)CC(OC3CCCC4C3C=CC3CCCC/C=C/C5C=C(C(=O)O)C(C)CC56OC(=O)C(=C6O)OC(=O)C34C)OC2C)OC(C)C1O. The lowest BCUT2D eigenvalue weighted by atomic mass is 9.55. The Hall–Kier alpha value is -4.29. The zero-order valence-corrected chi connectivity index (χ0v) is 39.5. The normalized spacial score (nSPS) is 40.5. The van der Waals surface area contributed by atoms with E-state index in [1.807, 2.05) is 19.1 Å². The molecule has 4 aliphatic heterocycles. The number of rotatable bonds is 8. The summed E-state index contributed by atoms with van der Waals surface area (Å²) in [5.41, 5.74) is -2.00. The van der Waals surface area contributed by atoms with Crippen molar-refractivity contribution in [2.75, 3.05) is 7.11 Å². The largest absolute Gasteiger partial charge is 0.505 e. The fourth-order valence-electron chi connectivity index (χ4n) is 11.7. The van der Waals surface area contributed by atoms with Crippen molar-refractivity contribution in [1.29, 1.82) is 0 Å². The van der Waals surface area contributed by atoms with Gasteiger partial charge in [0, 0.05) is 41.7 Å². The molecular weight excluding hydrogens is 892 g/mol. The van der Waals surface area contributed by atoms with Crippen LogP contribution in [0, 0.1) is 41.9 Å². The van der Waals surface area contributed by atoms with Crippen LogP contribution in [0.4, 0.5) is 0 Å². The van der Waals surface area contributed by atoms with E-state index < -0.39 is 114 Å². The number of carboxylic acid groups (broad SMARTS) is 1. The number of methoxy groups -OCH3 is 1. The van der Waals surface area contributed by atoms with Crippen molar-refractivity contribution in [3.8, 4) is 5.75 Å². The number of carbonyl (C=O) groups is 4. The predicted octanol–water partition coefficient (Wildman–Crippen LogP) is 6.96. The number of aliphatic hydroxyl groups excluding tert-OH is 3. The van der Waals surface area contributed by atoms with E-state index in [-0.39, 0.29) is 53.9 Å². The van der Waals surface area contributed by atoms with Gasteiger partial charge in [0.2, 0.25) is 0 Å². The number of esters is 3. The van der Waals surface area contributed by atoms with Crippen LogP contribution in [0.25, 0.3) is 0 Å². The molecular formula is C50H63ClO16. The number of carboxylic acids is 1. The van der Waals surface area contributed by atoms with Crippen molar-refractivity contribution in [3.05, 3.63) is 75.8 Å². The summed E-state index contributed by atoms with van der Waals surface area (Å²) in [6.45, 7) is 8.63. The van der Waals surface area contributed by atoms with Gasteiger partial charge < -0.3 is 58.3 Å². The molecule has 0 radical (unpaired) electrons. The van der Waals surface area contributed by atoms with E-state index >= 15 is 0 Å². The lowest BCUT2D eigenvalue weighted by Crippen LogP contribution is -2.56. The molecule has 3 aliphatic carbocycles. The number of benzene rings is 1. The molecule has 16 nitrogen and oxygen atoms in total. The van der Waals surface area contributed by atoms with Crippen molar-refractivity contribution in [1.82, 2.24) is 0 Å². The zero-order valence-electron chi connectivity index (χ0n) is 38.8. The first-order valence-corrected chi connectivity index (χ1v) is 24.0. The van der Waals surface area contributed by atoms with Crippen LogP contribution in [0.5, 0.6) is 5.75 Å². The van der Waals surface area contributed by atoms with E-state index in [9.17, 15) is 39.6 Å². The molecule has 1 saturated carbocycles. The van der Waals surface area contributed by atoms with E-state index in [1.54, 1.807) is 45.9 Å². The molecule has 2 bridgehead atoms. The number of hydrogen-bond acceptors (Lipinski definition) is 15. The Morgan fingerprint density at radius 1 is 0.910 bits per heavy atom. The molecule has 1 spiro atoms. The molecule has 7 aliphatic rings. The van der Waals surface area contributed by atoms with Crippen molar-refractivity contribution >= 4 is 35.5 Å². The van der Waals surface area contributed by atoms with Gasteiger partial charge in [-0.25, -0.2) is 14.4 Å². The first-order valence-electron chi connectivity index (χ1n) is 23.6. The molecule has 366 valence electrons. The number of hydrogen-bond donors (Lipinski definition) is 4. The van der Waals surface area contributed by atoms with Crippen LogP contribution < -0.4 is 4.74 Å². The van der Waals surface area contributed by atoms with E-state index in [4.69, 9.17) is 49.5 Å². The molecule has 1 aromatic carbocycles. The van der Waals surface area contributed by atoms with Crippen LogP contribution in [0.15, 0.2) is 59.6 Å². The third kappa shape index (κ3) is 9.19. The minimum absolute atomic E-state index is 0.00846. The molecule has 0 amide bonds. The highest BCUT2D eigenvalue weighted by molar-refractivity contribution is 6.32. The number of halogens is 1. The van der Waals surface area contributed by atoms with Gasteiger partial charge in [0.05, 0.1) is 36.9 Å². The van der Waals surface area contributed by atoms with E-state index in [1.165, 1.54) is 13.2 Å². The molecule has 16 atom stereocenters. The Balaban J connectivity index is 0.952. The average molecular weight is 955 g/mol. The minimum atomic E-state index is -1.62. The lowest BCUT2D eigenvalue weighted by Gasteiger charge is -2.51. The second kappa shape index (κ2) is 19.6. The summed E-state index contributed by atoms with van der Waals surface area (Å²) in [4.78, 5) is 53.9. The van der Waals surface area contributed by atoms with Gasteiger partial charge in [-0.1, -0.05) is 61.7 Å². The number of aliphatic hydroxyl groups is 3. The molecule has 0 aromatic heterocycles. The molecule has 2 saturated heterocycles. The molecule has 67 heavy (non-hydrogen) atoms. The summed E-state index contributed by atoms with van der Waals surface area (Å²) >= 11 is 6.30. The van der Waals surface area contributed by atoms with Crippen LogP contribution in [-0.2, 0) is 47.5 Å². The third-order valence-electron chi connectivity index (χ3n) is 15.5. The highest BCUT2D eigenvalue weighted by atomic mass is 35.5. The monoisotopic (exact) mass is 954 g/mol. The van der Waals surface area contributed by atoms with Crippen molar-refractivity contribution in [2.45, 2.75) is 160 Å². The van der Waals surface area contributed by atoms with Crippen molar-refractivity contribution in [3.63, 3.8) is 0 Å². The highest BCUT2D eigenvalue weighted by Crippen LogP contribution is 2.55. The fraction of sp³-hybridized carbons (Fsp3) is 0.640. The van der Waals surface area contributed by atoms with Gasteiger partial charge in [-0.3, -0.25) is 4.79 Å². The number of allylic oxidation sites excluding steroid dienone is 2. The molecule has 3 fully saturated rings. The topological polar surface area (TPSA) is 223 Å². The summed E-state index contributed by atoms with van der Waals surface area (Å²) in [5, 5.41) is 44.6. The van der Waals surface area contributed by atoms with Crippen LogP contribution in [0.1, 0.15) is 108 Å². The van der Waals surface area contributed by atoms with Gasteiger partial charge in [-0.2, -0.15) is 0 Å². The quantitative estimate of drug-likeness (QED) is 0.117. The van der Waals surface area contributed by atoms with Crippen LogP contribution in [0.3, 0.4) is 0 Å². The second-order valence-electron chi connectivity index (χ2n) is 19.5. The summed E-state index contributed by atoms with van der Waals surface area (Å²) in [5.74, 6) is -6.44. The van der Waals surface area contributed by atoms with Crippen LogP contribution >= 0.6 is 11.6 Å². The van der Waals surface area contributed by atoms with E-state index in [0.717, 1.165) is 12.8 Å². The summed E-state index contributed by atoms with van der Waals surface area (Å²) < 4.78 is 48.4. The van der Waals surface area contributed by atoms with E-state index in [2.05, 4.69) is 6.08 Å². The molecule has 17 heteroatoms. The number of carbonyl (C=O) groups excluding carboxylic acids is 3. The van der Waals surface area contributed by atoms with Gasteiger partial charge >= 0.3 is 23.9 Å². The van der Waals surface area contributed by atoms with Crippen LogP contribution in [-0.4, -0.2) is 112 Å². The second-order valence-corrected chi connectivity index (χ2v) is 20.0.